The zero-order valence-corrected chi connectivity index (χ0v) is 17.5. The van der Waals surface area contributed by atoms with Crippen molar-refractivity contribution in [2.75, 3.05) is 45.3 Å². The summed E-state index contributed by atoms with van der Waals surface area (Å²) in [7, 11) is -1.61. The van der Waals surface area contributed by atoms with E-state index in [1.54, 1.807) is 12.1 Å². The van der Waals surface area contributed by atoms with Crippen LogP contribution >= 0.6 is 11.6 Å². The molecular formula is C18H29ClN3O4S+. The molecule has 27 heavy (non-hydrogen) atoms. The van der Waals surface area contributed by atoms with Crippen LogP contribution in [-0.2, 0) is 10.0 Å². The molecule has 0 radical (unpaired) electrons. The number of carbonyl (C=O) groups is 1. The van der Waals surface area contributed by atoms with E-state index in [9.17, 15) is 13.2 Å². The SMILES string of the molecule is COc1cc(N)c(Cl)cc1C(=O)CCC1CC[NH+](CCNS(C)(=O)=O)CC1. The molecule has 0 spiro atoms. The molecule has 1 aliphatic heterocycles. The topological polar surface area (TPSA) is 103 Å². The summed E-state index contributed by atoms with van der Waals surface area (Å²) in [6.07, 6.45) is 4.54. The summed E-state index contributed by atoms with van der Waals surface area (Å²) in [4.78, 5) is 14.0. The number of methoxy groups -OCH3 is 1. The molecule has 1 aromatic rings. The Bertz CT molecular complexity index is 762. The number of piperidine rings is 1. The standard InChI is InChI=1S/C18H28ClN3O4S/c1-26-18-12-16(20)15(19)11-14(18)17(23)4-3-13-5-8-22(9-6-13)10-7-21-27(2,24)25/h11-13,21H,3-10,20H2,1-2H3/p+1. The van der Waals surface area contributed by atoms with Crippen molar-refractivity contribution in [2.24, 2.45) is 5.92 Å². The maximum absolute atomic E-state index is 12.6. The quantitative estimate of drug-likeness (QED) is 0.405. The number of Topliss-reactive ketones (excluding diaryl/α,β-unsaturated/α-hetero) is 1. The molecule has 1 heterocycles. The lowest BCUT2D eigenvalue weighted by Crippen LogP contribution is -3.13. The summed E-state index contributed by atoms with van der Waals surface area (Å²) in [6, 6.07) is 3.17. The Morgan fingerprint density at radius 3 is 2.63 bits per heavy atom. The first-order chi connectivity index (χ1) is 12.7. The van der Waals surface area contributed by atoms with Gasteiger partial charge in [0.2, 0.25) is 10.0 Å². The van der Waals surface area contributed by atoms with E-state index in [4.69, 9.17) is 22.1 Å². The summed E-state index contributed by atoms with van der Waals surface area (Å²) in [5, 5.41) is 0.360. The number of halogens is 1. The maximum Gasteiger partial charge on any atom is 0.208 e. The molecule has 0 bridgehead atoms. The van der Waals surface area contributed by atoms with Gasteiger partial charge in [-0.2, -0.15) is 0 Å². The number of likely N-dealkylation sites (tertiary alicyclic amines) is 1. The molecule has 1 fully saturated rings. The number of quaternary nitrogens is 1. The van der Waals surface area contributed by atoms with Crippen LogP contribution < -0.4 is 20.1 Å². The van der Waals surface area contributed by atoms with E-state index >= 15 is 0 Å². The number of sulfonamides is 1. The number of anilines is 1. The monoisotopic (exact) mass is 418 g/mol. The summed E-state index contributed by atoms with van der Waals surface area (Å²) in [5.74, 6) is 0.983. The Kier molecular flexibility index (Phi) is 7.91. The number of nitrogens with two attached hydrogens (primary N) is 1. The number of hydrogen-bond donors (Lipinski definition) is 3. The first-order valence-electron chi connectivity index (χ1n) is 9.14. The van der Waals surface area contributed by atoms with Crippen molar-refractivity contribution in [1.82, 2.24) is 4.72 Å². The second-order valence-electron chi connectivity index (χ2n) is 7.15. The van der Waals surface area contributed by atoms with Gasteiger partial charge < -0.3 is 15.4 Å². The smallest absolute Gasteiger partial charge is 0.208 e. The molecule has 0 aromatic heterocycles. The second-order valence-corrected chi connectivity index (χ2v) is 9.39. The Labute approximate surface area is 166 Å². The molecule has 4 N–H and O–H groups in total. The van der Waals surface area contributed by atoms with Gasteiger partial charge >= 0.3 is 0 Å². The van der Waals surface area contributed by atoms with Gasteiger partial charge in [-0.3, -0.25) is 4.79 Å². The van der Waals surface area contributed by atoms with Gasteiger partial charge in [-0.25, -0.2) is 13.1 Å². The van der Waals surface area contributed by atoms with E-state index < -0.39 is 10.0 Å². The number of hydrogen-bond acceptors (Lipinski definition) is 5. The molecule has 0 saturated carbocycles. The number of nitrogens with one attached hydrogen (secondary N) is 2. The highest BCUT2D eigenvalue weighted by Gasteiger charge is 2.23. The van der Waals surface area contributed by atoms with Gasteiger partial charge in [0, 0.05) is 12.5 Å². The predicted octanol–water partition coefficient (Wildman–Crippen LogP) is 0.738. The normalized spacial score (nSPS) is 20.4. The zero-order valence-electron chi connectivity index (χ0n) is 15.9. The van der Waals surface area contributed by atoms with Crippen LogP contribution in [0.2, 0.25) is 5.02 Å². The first kappa shape index (κ1) is 21.9. The molecule has 0 aliphatic carbocycles. The third kappa shape index (κ3) is 6.95. The fourth-order valence-electron chi connectivity index (χ4n) is 3.46. The van der Waals surface area contributed by atoms with Crippen LogP contribution in [0.15, 0.2) is 12.1 Å². The van der Waals surface area contributed by atoms with Crippen molar-refractivity contribution in [2.45, 2.75) is 25.7 Å². The van der Waals surface area contributed by atoms with E-state index in [2.05, 4.69) is 4.72 Å². The van der Waals surface area contributed by atoms with E-state index in [-0.39, 0.29) is 5.78 Å². The lowest BCUT2D eigenvalue weighted by Gasteiger charge is -2.29. The minimum Gasteiger partial charge on any atom is -0.496 e. The minimum absolute atomic E-state index is 0.0147. The Morgan fingerprint density at radius 2 is 2.04 bits per heavy atom. The second kappa shape index (κ2) is 9.73. The predicted molar refractivity (Wildman–Crippen MR) is 107 cm³/mol. The summed E-state index contributed by atoms with van der Waals surface area (Å²) in [5.41, 5.74) is 6.64. The van der Waals surface area contributed by atoms with Crippen molar-refractivity contribution in [3.63, 3.8) is 0 Å². The molecule has 0 atom stereocenters. The Balaban J connectivity index is 1.78. The first-order valence-corrected chi connectivity index (χ1v) is 11.4. The third-order valence-electron chi connectivity index (χ3n) is 5.05. The van der Waals surface area contributed by atoms with E-state index in [0.29, 0.717) is 40.9 Å². The number of nitrogen functional groups attached to an aromatic ring is 1. The average Bonchev–Trinajstić information content (AvgIpc) is 2.61. The fraction of sp³-hybridized carbons (Fsp3) is 0.611. The largest absolute Gasteiger partial charge is 0.496 e. The van der Waals surface area contributed by atoms with Crippen molar-refractivity contribution in [3.05, 3.63) is 22.7 Å². The van der Waals surface area contributed by atoms with Gasteiger partial charge in [-0.05, 0) is 31.2 Å². The fourth-order valence-corrected chi connectivity index (χ4v) is 4.10. The van der Waals surface area contributed by atoms with Gasteiger partial charge in [-0.1, -0.05) is 11.6 Å². The minimum atomic E-state index is -3.12. The number of rotatable bonds is 9. The molecule has 2 rings (SSSR count). The van der Waals surface area contributed by atoms with E-state index in [0.717, 1.165) is 38.9 Å². The van der Waals surface area contributed by atoms with Gasteiger partial charge in [0.15, 0.2) is 5.78 Å². The number of ether oxygens (including phenoxy) is 1. The van der Waals surface area contributed by atoms with Gasteiger partial charge in [0.1, 0.15) is 5.75 Å². The molecule has 152 valence electrons. The number of carbonyl (C=O) groups excluding carboxylic acids is 1. The lowest BCUT2D eigenvalue weighted by molar-refractivity contribution is -0.904. The average molecular weight is 419 g/mol. The number of benzene rings is 1. The highest BCUT2D eigenvalue weighted by atomic mass is 35.5. The summed E-state index contributed by atoms with van der Waals surface area (Å²) in [6.45, 7) is 3.26. The van der Waals surface area contributed by atoms with Crippen LogP contribution in [0, 0.1) is 5.92 Å². The van der Waals surface area contributed by atoms with Crippen LogP contribution in [0.25, 0.3) is 0 Å². The molecule has 1 aromatic carbocycles. The van der Waals surface area contributed by atoms with Gasteiger partial charge in [0.05, 0.1) is 55.8 Å². The molecule has 9 heteroatoms. The molecule has 0 unspecified atom stereocenters. The third-order valence-corrected chi connectivity index (χ3v) is 6.11. The lowest BCUT2D eigenvalue weighted by atomic mass is 9.90. The Morgan fingerprint density at radius 1 is 1.37 bits per heavy atom. The van der Waals surface area contributed by atoms with Crippen LogP contribution in [0.5, 0.6) is 5.75 Å². The number of ketones is 1. The van der Waals surface area contributed by atoms with Gasteiger partial charge in [-0.15, -0.1) is 0 Å². The molecule has 0 amide bonds. The molecule has 1 saturated heterocycles. The molecular weight excluding hydrogens is 390 g/mol. The highest BCUT2D eigenvalue weighted by Crippen LogP contribution is 2.30. The van der Waals surface area contributed by atoms with Crippen molar-refractivity contribution < 1.29 is 22.8 Å². The van der Waals surface area contributed by atoms with Gasteiger partial charge in [0.25, 0.3) is 0 Å². The van der Waals surface area contributed by atoms with Crippen LogP contribution in [0.3, 0.4) is 0 Å². The van der Waals surface area contributed by atoms with Crippen LogP contribution in [0.1, 0.15) is 36.0 Å². The Hall–Kier alpha value is -1.35. The zero-order chi connectivity index (χ0) is 20.0. The van der Waals surface area contributed by atoms with Crippen LogP contribution in [-0.4, -0.2) is 53.7 Å². The summed E-state index contributed by atoms with van der Waals surface area (Å²) < 4.78 is 30.0. The summed E-state index contributed by atoms with van der Waals surface area (Å²) >= 11 is 6.04. The van der Waals surface area contributed by atoms with Crippen molar-refractivity contribution in [3.8, 4) is 5.75 Å². The van der Waals surface area contributed by atoms with Crippen LogP contribution in [0.4, 0.5) is 5.69 Å². The molecule has 7 nitrogen and oxygen atoms in total. The highest BCUT2D eigenvalue weighted by molar-refractivity contribution is 7.88. The maximum atomic E-state index is 12.6. The van der Waals surface area contributed by atoms with E-state index in [1.807, 2.05) is 0 Å². The molecule has 1 aliphatic rings. The van der Waals surface area contributed by atoms with Crippen molar-refractivity contribution >= 4 is 33.1 Å². The van der Waals surface area contributed by atoms with Crippen molar-refractivity contribution in [1.29, 1.82) is 0 Å². The van der Waals surface area contributed by atoms with E-state index in [1.165, 1.54) is 18.3 Å².